The van der Waals surface area contributed by atoms with Gasteiger partial charge in [0.1, 0.15) is 17.6 Å². The lowest BCUT2D eigenvalue weighted by Crippen LogP contribution is -2.45. The Bertz CT molecular complexity index is 794. The molecule has 0 aromatic heterocycles. The van der Waals surface area contributed by atoms with Crippen LogP contribution in [0.25, 0.3) is 0 Å². The van der Waals surface area contributed by atoms with Gasteiger partial charge in [0.05, 0.1) is 25.0 Å². The van der Waals surface area contributed by atoms with E-state index in [2.05, 4.69) is 5.32 Å². The molecule has 25 heavy (non-hydrogen) atoms. The van der Waals surface area contributed by atoms with Crippen molar-refractivity contribution in [3.05, 3.63) is 47.0 Å². The van der Waals surface area contributed by atoms with Crippen molar-refractivity contribution in [2.75, 3.05) is 23.9 Å². The number of nitrogens with one attached hydrogen (secondary N) is 1. The monoisotopic (exact) mass is 360 g/mol. The van der Waals surface area contributed by atoms with Gasteiger partial charge in [0.25, 0.3) is 0 Å². The van der Waals surface area contributed by atoms with Crippen molar-refractivity contribution in [1.29, 1.82) is 0 Å². The summed E-state index contributed by atoms with van der Waals surface area (Å²) in [5.41, 5.74) is 2.34. The number of aryl methyl sites for hydroxylation is 1. The van der Waals surface area contributed by atoms with Crippen LogP contribution in [0.4, 0.5) is 16.2 Å². The highest BCUT2D eigenvalue weighted by Gasteiger charge is 2.29. The lowest BCUT2D eigenvalue weighted by Gasteiger charge is -2.34. The molecule has 1 heterocycles. The number of amides is 2. The topological polar surface area (TPSA) is 50.8 Å². The van der Waals surface area contributed by atoms with Gasteiger partial charge in [-0.3, -0.25) is 4.90 Å². The second-order valence-corrected chi connectivity index (χ2v) is 6.44. The molecule has 0 spiro atoms. The summed E-state index contributed by atoms with van der Waals surface area (Å²) in [4.78, 5) is 14.6. The second kappa shape index (κ2) is 7.23. The zero-order chi connectivity index (χ0) is 18.0. The largest absolute Gasteiger partial charge is 0.495 e. The van der Waals surface area contributed by atoms with Crippen molar-refractivity contribution in [3.8, 4) is 11.5 Å². The number of halogens is 1. The van der Waals surface area contributed by atoms with E-state index in [1.54, 1.807) is 30.2 Å². The summed E-state index contributed by atoms with van der Waals surface area (Å²) >= 11 is 6.11. The predicted octanol–water partition coefficient (Wildman–Crippen LogP) is 4.87. The molecule has 6 heteroatoms. The Kier molecular flexibility index (Phi) is 5.04. The molecule has 0 radical (unpaired) electrons. The molecule has 2 aromatic carbocycles. The van der Waals surface area contributed by atoms with E-state index in [1.807, 2.05) is 32.0 Å². The van der Waals surface area contributed by atoms with Crippen LogP contribution in [0.1, 0.15) is 18.9 Å². The molecule has 1 aliphatic rings. The van der Waals surface area contributed by atoms with Gasteiger partial charge in [0, 0.05) is 5.02 Å². The number of urea groups is 1. The van der Waals surface area contributed by atoms with Crippen molar-refractivity contribution in [3.63, 3.8) is 0 Å². The summed E-state index contributed by atoms with van der Waals surface area (Å²) < 4.78 is 11.3. The maximum atomic E-state index is 12.9. The van der Waals surface area contributed by atoms with Gasteiger partial charge in [0.15, 0.2) is 0 Å². The minimum Gasteiger partial charge on any atom is -0.495 e. The third kappa shape index (κ3) is 3.66. The Balaban J connectivity index is 1.92. The molecule has 0 unspecified atom stereocenters. The zero-order valence-electron chi connectivity index (χ0n) is 14.5. The summed E-state index contributed by atoms with van der Waals surface area (Å²) in [5.74, 6) is 1.28. The smallest absolute Gasteiger partial charge is 0.326 e. The molecule has 0 bridgehead atoms. The third-order valence-corrected chi connectivity index (χ3v) is 4.42. The molecule has 2 amide bonds. The Labute approximate surface area is 152 Å². The highest BCUT2D eigenvalue weighted by molar-refractivity contribution is 6.31. The lowest BCUT2D eigenvalue weighted by atomic mass is 10.1. The standard InChI is InChI=1S/C19H21ClN2O3/c1-4-14-11-22(16-10-13(20)6-8-18(16)25-14)19(23)21-15-9-12(2)5-7-17(15)24-3/h5-10,14H,4,11H2,1-3H3,(H,21,23)/t14-/m1/s1. The number of benzene rings is 2. The highest BCUT2D eigenvalue weighted by atomic mass is 35.5. The highest BCUT2D eigenvalue weighted by Crippen LogP contribution is 2.37. The lowest BCUT2D eigenvalue weighted by molar-refractivity contribution is 0.188. The fourth-order valence-electron chi connectivity index (χ4n) is 2.83. The molecule has 0 fully saturated rings. The van der Waals surface area contributed by atoms with E-state index in [0.717, 1.165) is 12.0 Å². The fraction of sp³-hybridized carbons (Fsp3) is 0.316. The minimum atomic E-state index is -0.242. The van der Waals surface area contributed by atoms with E-state index >= 15 is 0 Å². The normalized spacial score (nSPS) is 16.0. The molecule has 0 saturated heterocycles. The minimum absolute atomic E-state index is 0.0566. The summed E-state index contributed by atoms with van der Waals surface area (Å²) in [5, 5.41) is 3.50. The summed E-state index contributed by atoms with van der Waals surface area (Å²) in [6, 6.07) is 10.7. The van der Waals surface area contributed by atoms with E-state index in [9.17, 15) is 4.79 Å². The van der Waals surface area contributed by atoms with Crippen LogP contribution < -0.4 is 19.7 Å². The number of hydrogen-bond acceptors (Lipinski definition) is 3. The van der Waals surface area contributed by atoms with Crippen molar-refractivity contribution in [2.45, 2.75) is 26.4 Å². The van der Waals surface area contributed by atoms with Gasteiger partial charge in [-0.2, -0.15) is 0 Å². The third-order valence-electron chi connectivity index (χ3n) is 4.19. The summed E-state index contributed by atoms with van der Waals surface area (Å²) in [6.07, 6.45) is 0.749. The Morgan fingerprint density at radius 3 is 2.88 bits per heavy atom. The molecule has 0 saturated carbocycles. The summed E-state index contributed by atoms with van der Waals surface area (Å²) in [6.45, 7) is 4.46. The maximum Gasteiger partial charge on any atom is 0.326 e. The van der Waals surface area contributed by atoms with Crippen LogP contribution in [-0.4, -0.2) is 25.8 Å². The molecule has 132 valence electrons. The van der Waals surface area contributed by atoms with Gasteiger partial charge in [-0.25, -0.2) is 4.79 Å². The van der Waals surface area contributed by atoms with Gasteiger partial charge in [-0.05, 0) is 49.2 Å². The van der Waals surface area contributed by atoms with Gasteiger partial charge in [-0.15, -0.1) is 0 Å². The van der Waals surface area contributed by atoms with Crippen LogP contribution in [0.2, 0.25) is 5.02 Å². The van der Waals surface area contributed by atoms with Crippen molar-refractivity contribution >= 4 is 29.0 Å². The van der Waals surface area contributed by atoms with E-state index in [4.69, 9.17) is 21.1 Å². The number of ether oxygens (including phenoxy) is 2. The van der Waals surface area contributed by atoms with Crippen molar-refractivity contribution < 1.29 is 14.3 Å². The van der Waals surface area contributed by atoms with Crippen LogP contribution in [0.15, 0.2) is 36.4 Å². The van der Waals surface area contributed by atoms with Crippen LogP contribution in [0.5, 0.6) is 11.5 Å². The molecule has 1 atom stereocenters. The molecule has 2 aromatic rings. The number of nitrogens with zero attached hydrogens (tertiary/aromatic N) is 1. The van der Waals surface area contributed by atoms with E-state index in [0.29, 0.717) is 34.4 Å². The van der Waals surface area contributed by atoms with Gasteiger partial charge in [-0.1, -0.05) is 24.6 Å². The van der Waals surface area contributed by atoms with E-state index < -0.39 is 0 Å². The zero-order valence-corrected chi connectivity index (χ0v) is 15.3. The van der Waals surface area contributed by atoms with Gasteiger partial charge >= 0.3 is 6.03 Å². The first-order chi connectivity index (χ1) is 12.0. The van der Waals surface area contributed by atoms with Crippen LogP contribution in [0, 0.1) is 6.92 Å². The van der Waals surface area contributed by atoms with E-state index in [1.165, 1.54) is 0 Å². The first-order valence-electron chi connectivity index (χ1n) is 8.21. The molecule has 1 N–H and O–H groups in total. The number of carbonyl (C=O) groups excluding carboxylic acids is 1. The average molecular weight is 361 g/mol. The summed E-state index contributed by atoms with van der Waals surface area (Å²) in [7, 11) is 1.58. The Hall–Kier alpha value is -2.40. The predicted molar refractivity (Wildman–Crippen MR) is 100 cm³/mol. The quantitative estimate of drug-likeness (QED) is 0.849. The molecular weight excluding hydrogens is 340 g/mol. The van der Waals surface area contributed by atoms with Crippen molar-refractivity contribution in [1.82, 2.24) is 0 Å². The number of anilines is 2. The SMILES string of the molecule is CC[C@@H]1CN(C(=O)Nc2cc(C)ccc2OC)c2cc(Cl)ccc2O1. The number of methoxy groups -OCH3 is 1. The molecule has 5 nitrogen and oxygen atoms in total. The molecule has 3 rings (SSSR count). The number of fused-ring (bicyclic) bond motifs is 1. The first kappa shape index (κ1) is 17.4. The van der Waals surface area contributed by atoms with Gasteiger partial charge < -0.3 is 14.8 Å². The van der Waals surface area contributed by atoms with Crippen molar-refractivity contribution in [2.24, 2.45) is 0 Å². The van der Waals surface area contributed by atoms with Crippen LogP contribution >= 0.6 is 11.6 Å². The molecular formula is C19H21ClN2O3. The molecule has 1 aliphatic heterocycles. The first-order valence-corrected chi connectivity index (χ1v) is 8.59. The van der Waals surface area contributed by atoms with Crippen LogP contribution in [-0.2, 0) is 0 Å². The fourth-order valence-corrected chi connectivity index (χ4v) is 2.99. The van der Waals surface area contributed by atoms with Gasteiger partial charge in [0.2, 0.25) is 0 Å². The van der Waals surface area contributed by atoms with E-state index in [-0.39, 0.29) is 12.1 Å². The second-order valence-electron chi connectivity index (χ2n) is 6.00. The number of carbonyl (C=O) groups is 1. The van der Waals surface area contributed by atoms with Crippen LogP contribution in [0.3, 0.4) is 0 Å². The maximum absolute atomic E-state index is 12.9. The number of hydrogen-bond donors (Lipinski definition) is 1. The Morgan fingerprint density at radius 1 is 1.36 bits per heavy atom. The Morgan fingerprint density at radius 2 is 2.16 bits per heavy atom. The average Bonchev–Trinajstić information content (AvgIpc) is 2.61. The molecule has 0 aliphatic carbocycles. The number of rotatable bonds is 3.